The van der Waals surface area contributed by atoms with Crippen molar-refractivity contribution in [2.45, 2.75) is 26.2 Å². The van der Waals surface area contributed by atoms with Gasteiger partial charge in [0.05, 0.1) is 13.2 Å². The van der Waals surface area contributed by atoms with Crippen molar-refractivity contribution in [1.82, 2.24) is 0 Å². The van der Waals surface area contributed by atoms with E-state index in [-0.39, 0.29) is 6.61 Å². The van der Waals surface area contributed by atoms with Crippen molar-refractivity contribution in [2.75, 3.05) is 46.8 Å². The molecule has 3 aromatic rings. The highest BCUT2D eigenvalue weighted by Gasteiger charge is 1.99. The lowest BCUT2D eigenvalue weighted by Crippen LogP contribution is -2.03. The quantitative estimate of drug-likeness (QED) is 0.107. The molecule has 0 unspecified atom stereocenters. The van der Waals surface area contributed by atoms with E-state index >= 15 is 0 Å². The molecule has 3 rings (SSSR count). The lowest BCUT2D eigenvalue weighted by molar-refractivity contribution is 0.0878. The van der Waals surface area contributed by atoms with E-state index in [9.17, 15) is 0 Å². The summed E-state index contributed by atoms with van der Waals surface area (Å²) in [6.45, 7) is 9.45. The van der Waals surface area contributed by atoms with Crippen LogP contribution in [0.15, 0.2) is 115 Å². The first-order valence-corrected chi connectivity index (χ1v) is 13.8. The van der Waals surface area contributed by atoms with Crippen LogP contribution >= 0.6 is 0 Å². The third kappa shape index (κ3) is 13.9. The Morgan fingerprint density at radius 1 is 0.750 bits per heavy atom. The number of hydrogen-bond acceptors (Lipinski definition) is 5. The highest BCUT2D eigenvalue weighted by atomic mass is 16.5. The van der Waals surface area contributed by atoms with Crippen molar-refractivity contribution in [2.24, 2.45) is 0 Å². The van der Waals surface area contributed by atoms with Gasteiger partial charge in [-0.15, -0.1) is 0 Å². The number of rotatable bonds is 17. The second kappa shape index (κ2) is 21.2. The minimum atomic E-state index is 0.165. The minimum absolute atomic E-state index is 0.165. The molecular formula is C35H44O5. The molecule has 214 valence electrons. The topological polar surface area (TPSA) is 57.2 Å². The molecule has 0 radical (unpaired) electrons. The minimum Gasteiger partial charge on any atom is -0.494 e. The van der Waals surface area contributed by atoms with Gasteiger partial charge in [0.25, 0.3) is 0 Å². The molecule has 0 atom stereocenters. The predicted molar refractivity (Wildman–Crippen MR) is 165 cm³/mol. The summed E-state index contributed by atoms with van der Waals surface area (Å²) in [5, 5.41) is 8.70. The number of methoxy groups -OCH3 is 1. The molecule has 0 aliphatic rings. The lowest BCUT2D eigenvalue weighted by Gasteiger charge is -2.07. The summed E-state index contributed by atoms with van der Waals surface area (Å²) in [4.78, 5) is 0. The van der Waals surface area contributed by atoms with Crippen LogP contribution in [-0.4, -0.2) is 51.9 Å². The van der Waals surface area contributed by atoms with Gasteiger partial charge in [-0.25, -0.2) is 0 Å². The van der Waals surface area contributed by atoms with Gasteiger partial charge in [-0.1, -0.05) is 91.5 Å². The van der Waals surface area contributed by atoms with Gasteiger partial charge in [0.2, 0.25) is 0 Å². The summed E-state index contributed by atoms with van der Waals surface area (Å²) < 4.78 is 21.6. The maximum absolute atomic E-state index is 8.70. The molecule has 0 amide bonds. The van der Waals surface area contributed by atoms with Gasteiger partial charge >= 0.3 is 0 Å². The summed E-state index contributed by atoms with van der Waals surface area (Å²) in [7, 11) is 1.70. The lowest BCUT2D eigenvalue weighted by atomic mass is 10.1. The van der Waals surface area contributed by atoms with E-state index in [1.807, 2.05) is 73.7 Å². The Balaban J connectivity index is 0.000000292. The van der Waals surface area contributed by atoms with E-state index in [1.165, 1.54) is 11.1 Å². The molecule has 40 heavy (non-hydrogen) atoms. The van der Waals surface area contributed by atoms with Gasteiger partial charge in [-0.05, 0) is 53.8 Å². The predicted octanol–water partition coefficient (Wildman–Crippen LogP) is 7.73. The van der Waals surface area contributed by atoms with Gasteiger partial charge in [0.1, 0.15) is 11.5 Å². The molecule has 0 aliphatic carbocycles. The summed E-state index contributed by atoms with van der Waals surface area (Å²) in [6.07, 6.45) is 8.46. The molecule has 5 heteroatoms. The monoisotopic (exact) mass is 544 g/mol. The van der Waals surface area contributed by atoms with Crippen LogP contribution in [0.2, 0.25) is 0 Å². The number of benzene rings is 3. The third-order valence-corrected chi connectivity index (χ3v) is 5.74. The molecule has 0 saturated heterocycles. The zero-order valence-corrected chi connectivity index (χ0v) is 24.0. The molecule has 3 aromatic carbocycles. The van der Waals surface area contributed by atoms with Gasteiger partial charge in [0, 0.05) is 46.4 Å². The van der Waals surface area contributed by atoms with Crippen molar-refractivity contribution >= 4 is 5.57 Å². The SMILES string of the molecule is C=C(/C=C\C(=C/C)c1ccccc1)OCCCOCCCOC.OCCCOc1cccc(-c2ccccc2)c1. The van der Waals surface area contributed by atoms with E-state index in [0.717, 1.165) is 42.9 Å². The van der Waals surface area contributed by atoms with Crippen LogP contribution in [0.4, 0.5) is 0 Å². The largest absolute Gasteiger partial charge is 0.494 e. The zero-order chi connectivity index (χ0) is 28.7. The normalized spacial score (nSPS) is 11.1. The Bertz CT molecular complexity index is 1120. The number of ether oxygens (including phenoxy) is 4. The molecule has 0 spiro atoms. The summed E-state index contributed by atoms with van der Waals surface area (Å²) in [5.41, 5.74) is 4.66. The first-order valence-electron chi connectivity index (χ1n) is 13.8. The number of hydrogen-bond donors (Lipinski definition) is 1. The summed E-state index contributed by atoms with van der Waals surface area (Å²) >= 11 is 0. The van der Waals surface area contributed by atoms with E-state index in [2.05, 4.69) is 43.0 Å². The van der Waals surface area contributed by atoms with Crippen molar-refractivity contribution in [3.05, 3.63) is 121 Å². The van der Waals surface area contributed by atoms with Gasteiger partial charge in [0.15, 0.2) is 0 Å². The Hall–Kier alpha value is -3.64. The summed E-state index contributed by atoms with van der Waals surface area (Å²) in [6, 6.07) is 28.5. The maximum Gasteiger partial charge on any atom is 0.119 e. The van der Waals surface area contributed by atoms with Crippen LogP contribution in [0.3, 0.4) is 0 Å². The fourth-order valence-electron chi connectivity index (χ4n) is 3.64. The van der Waals surface area contributed by atoms with Crippen LogP contribution in [0, 0.1) is 0 Å². The molecule has 1 N–H and O–H groups in total. The van der Waals surface area contributed by atoms with Crippen molar-refractivity contribution < 1.29 is 24.1 Å². The second-order valence-electron chi connectivity index (χ2n) is 8.89. The molecule has 0 saturated carbocycles. The van der Waals surface area contributed by atoms with E-state index < -0.39 is 0 Å². The maximum atomic E-state index is 8.70. The van der Waals surface area contributed by atoms with Crippen LogP contribution in [0.25, 0.3) is 16.7 Å². The molecule has 5 nitrogen and oxygen atoms in total. The summed E-state index contributed by atoms with van der Waals surface area (Å²) in [5.74, 6) is 1.51. The first-order chi connectivity index (χ1) is 19.7. The molecular weight excluding hydrogens is 500 g/mol. The smallest absolute Gasteiger partial charge is 0.119 e. The molecule has 0 aliphatic heterocycles. The molecule has 0 fully saturated rings. The Labute approximate surface area is 240 Å². The Kier molecular flexibility index (Phi) is 17.3. The second-order valence-corrected chi connectivity index (χ2v) is 8.89. The molecule has 0 aromatic heterocycles. The standard InChI is InChI=1S/C20H28O3.C15H16O2/c1-4-19(20-10-6-5-7-11-20)13-12-18(2)23-17-9-16-22-15-8-14-21-3;16-10-5-11-17-15-9-4-8-14(12-15)13-6-2-1-3-7-13/h4-7,10-13H,2,8-9,14-17H2,1,3H3;1-4,6-9,12,16H,5,10-11H2/b13-12-,19-4+;. The van der Waals surface area contributed by atoms with Crippen molar-refractivity contribution in [3.63, 3.8) is 0 Å². The van der Waals surface area contributed by atoms with Gasteiger partial charge in [-0.2, -0.15) is 0 Å². The van der Waals surface area contributed by atoms with Crippen LogP contribution in [-0.2, 0) is 14.2 Å². The number of allylic oxidation sites excluding steroid dienone is 4. The third-order valence-electron chi connectivity index (χ3n) is 5.74. The Morgan fingerprint density at radius 2 is 1.43 bits per heavy atom. The highest BCUT2D eigenvalue weighted by Crippen LogP contribution is 2.23. The number of aliphatic hydroxyl groups excluding tert-OH is 1. The average molecular weight is 545 g/mol. The Morgan fingerprint density at radius 3 is 2.10 bits per heavy atom. The molecule has 0 heterocycles. The number of aliphatic hydroxyl groups is 1. The fraction of sp³-hybridized carbons (Fsp3) is 0.314. The van der Waals surface area contributed by atoms with Crippen molar-refractivity contribution in [1.29, 1.82) is 0 Å². The van der Waals surface area contributed by atoms with E-state index in [4.69, 9.17) is 24.1 Å². The molecule has 0 bridgehead atoms. The van der Waals surface area contributed by atoms with Crippen molar-refractivity contribution in [3.8, 4) is 16.9 Å². The van der Waals surface area contributed by atoms with Crippen LogP contribution in [0.1, 0.15) is 31.7 Å². The van der Waals surface area contributed by atoms with E-state index in [1.54, 1.807) is 7.11 Å². The van der Waals surface area contributed by atoms with E-state index in [0.29, 0.717) is 32.0 Å². The first kappa shape index (κ1) is 32.6. The highest BCUT2D eigenvalue weighted by molar-refractivity contribution is 5.74. The zero-order valence-electron chi connectivity index (χ0n) is 24.0. The van der Waals surface area contributed by atoms with Crippen LogP contribution in [0.5, 0.6) is 5.75 Å². The average Bonchev–Trinajstić information content (AvgIpc) is 3.00. The van der Waals surface area contributed by atoms with Gasteiger partial charge < -0.3 is 24.1 Å². The van der Waals surface area contributed by atoms with Crippen LogP contribution < -0.4 is 4.74 Å². The van der Waals surface area contributed by atoms with Gasteiger partial charge in [-0.3, -0.25) is 0 Å². The fourth-order valence-corrected chi connectivity index (χ4v) is 3.64.